The number of rotatable bonds is 8. The Morgan fingerprint density at radius 1 is 1.33 bits per heavy atom. The average Bonchev–Trinajstić information content (AvgIpc) is 2.51. The van der Waals surface area contributed by atoms with E-state index >= 15 is 0 Å². The molecule has 0 aromatic heterocycles. The molecule has 0 saturated heterocycles. The molecule has 0 bridgehead atoms. The van der Waals surface area contributed by atoms with Crippen LogP contribution in [0.25, 0.3) is 0 Å². The lowest BCUT2D eigenvalue weighted by atomic mass is 9.87. The van der Waals surface area contributed by atoms with E-state index in [0.29, 0.717) is 19.3 Å². The number of fused-ring (bicyclic) bond motifs is 1. The number of nitrogens with one attached hydrogen (secondary N) is 1. The van der Waals surface area contributed by atoms with Crippen LogP contribution in [0.5, 0.6) is 5.75 Å². The van der Waals surface area contributed by atoms with E-state index in [1.54, 1.807) is 0 Å². The SMILES string of the molecule is CCNC1CCCc2cc(OCC(O)COCC)ccc21. The van der Waals surface area contributed by atoms with Crippen LogP contribution in [0.4, 0.5) is 0 Å². The standard InChI is InChI=1S/C17H27NO3/c1-3-18-17-7-5-6-13-10-15(8-9-16(13)17)21-12-14(19)11-20-4-2/h8-10,14,17-19H,3-7,11-12H2,1-2H3. The van der Waals surface area contributed by atoms with Crippen molar-refractivity contribution in [3.8, 4) is 5.75 Å². The summed E-state index contributed by atoms with van der Waals surface area (Å²) in [5, 5.41) is 13.3. The topological polar surface area (TPSA) is 50.7 Å². The molecule has 4 heteroatoms. The first-order chi connectivity index (χ1) is 10.2. The van der Waals surface area contributed by atoms with Crippen molar-refractivity contribution in [1.29, 1.82) is 0 Å². The molecule has 1 aromatic carbocycles. The van der Waals surface area contributed by atoms with Gasteiger partial charge < -0.3 is 19.9 Å². The van der Waals surface area contributed by atoms with E-state index in [1.165, 1.54) is 24.0 Å². The lowest BCUT2D eigenvalue weighted by molar-refractivity contribution is 0.0164. The van der Waals surface area contributed by atoms with E-state index < -0.39 is 6.10 Å². The zero-order chi connectivity index (χ0) is 15.1. The molecule has 0 heterocycles. The second-order valence-corrected chi connectivity index (χ2v) is 5.49. The number of aliphatic hydroxyl groups excluding tert-OH is 1. The molecule has 2 unspecified atom stereocenters. The van der Waals surface area contributed by atoms with E-state index in [4.69, 9.17) is 9.47 Å². The third-order valence-electron chi connectivity index (χ3n) is 3.84. The van der Waals surface area contributed by atoms with Crippen molar-refractivity contribution in [3.63, 3.8) is 0 Å². The third kappa shape index (κ3) is 4.70. The summed E-state index contributed by atoms with van der Waals surface area (Å²) in [4.78, 5) is 0. The van der Waals surface area contributed by atoms with Crippen LogP contribution < -0.4 is 10.1 Å². The highest BCUT2D eigenvalue weighted by atomic mass is 16.5. The Balaban J connectivity index is 1.94. The molecule has 21 heavy (non-hydrogen) atoms. The Morgan fingerprint density at radius 2 is 2.19 bits per heavy atom. The van der Waals surface area contributed by atoms with E-state index in [9.17, 15) is 5.11 Å². The van der Waals surface area contributed by atoms with Crippen LogP contribution in [0, 0.1) is 0 Å². The number of ether oxygens (including phenoxy) is 2. The summed E-state index contributed by atoms with van der Waals surface area (Å²) in [5.41, 5.74) is 2.76. The van der Waals surface area contributed by atoms with Gasteiger partial charge in [-0.15, -0.1) is 0 Å². The maximum atomic E-state index is 9.73. The molecule has 1 aliphatic carbocycles. The lowest BCUT2D eigenvalue weighted by Crippen LogP contribution is -2.25. The zero-order valence-corrected chi connectivity index (χ0v) is 13.1. The number of hydrogen-bond donors (Lipinski definition) is 2. The summed E-state index contributed by atoms with van der Waals surface area (Å²) >= 11 is 0. The second kappa shape index (κ2) is 8.37. The van der Waals surface area contributed by atoms with E-state index in [2.05, 4.69) is 24.4 Å². The summed E-state index contributed by atoms with van der Waals surface area (Å²) in [5.74, 6) is 0.835. The predicted octanol–water partition coefficient (Wildman–Crippen LogP) is 2.45. The largest absolute Gasteiger partial charge is 0.491 e. The van der Waals surface area contributed by atoms with Crippen LogP contribution in [0.15, 0.2) is 18.2 Å². The molecule has 0 fully saturated rings. The molecule has 1 aromatic rings. The normalized spacial score (nSPS) is 19.1. The van der Waals surface area contributed by atoms with E-state index in [0.717, 1.165) is 18.7 Å². The fourth-order valence-electron chi connectivity index (χ4n) is 2.83. The molecule has 0 radical (unpaired) electrons. The molecule has 0 aliphatic heterocycles. The van der Waals surface area contributed by atoms with Crippen molar-refractivity contribution in [1.82, 2.24) is 5.32 Å². The molecule has 2 atom stereocenters. The minimum Gasteiger partial charge on any atom is -0.491 e. The minimum atomic E-state index is -0.574. The van der Waals surface area contributed by atoms with Crippen LogP contribution >= 0.6 is 0 Å². The number of aliphatic hydroxyl groups is 1. The van der Waals surface area contributed by atoms with Crippen molar-refractivity contribution in [2.75, 3.05) is 26.4 Å². The van der Waals surface area contributed by atoms with Gasteiger partial charge in [0.05, 0.1) is 6.61 Å². The summed E-state index contributed by atoms with van der Waals surface area (Å²) in [6.45, 7) is 6.26. The zero-order valence-electron chi connectivity index (χ0n) is 13.1. The Labute approximate surface area is 127 Å². The van der Waals surface area contributed by atoms with Gasteiger partial charge in [-0.1, -0.05) is 13.0 Å². The fourth-order valence-corrected chi connectivity index (χ4v) is 2.83. The highest BCUT2D eigenvalue weighted by Gasteiger charge is 2.19. The molecular formula is C17H27NO3. The molecule has 118 valence electrons. The average molecular weight is 293 g/mol. The van der Waals surface area contributed by atoms with Crippen molar-refractivity contribution in [3.05, 3.63) is 29.3 Å². The Hall–Kier alpha value is -1.10. The molecule has 2 rings (SSSR count). The molecule has 0 amide bonds. The first kappa shape index (κ1) is 16.3. The van der Waals surface area contributed by atoms with Gasteiger partial charge >= 0.3 is 0 Å². The van der Waals surface area contributed by atoms with Crippen molar-refractivity contribution in [2.24, 2.45) is 0 Å². The summed E-state index contributed by atoms with van der Waals surface area (Å²) in [6, 6.07) is 6.75. The van der Waals surface area contributed by atoms with Gasteiger partial charge in [-0.3, -0.25) is 0 Å². The van der Waals surface area contributed by atoms with Crippen molar-refractivity contribution >= 4 is 0 Å². The smallest absolute Gasteiger partial charge is 0.119 e. The van der Waals surface area contributed by atoms with Gasteiger partial charge in [0.25, 0.3) is 0 Å². The highest BCUT2D eigenvalue weighted by molar-refractivity contribution is 5.39. The number of aryl methyl sites for hydroxylation is 1. The number of benzene rings is 1. The molecule has 4 nitrogen and oxygen atoms in total. The van der Waals surface area contributed by atoms with Crippen LogP contribution in [0.3, 0.4) is 0 Å². The summed E-state index contributed by atoms with van der Waals surface area (Å²) in [7, 11) is 0. The molecule has 1 aliphatic rings. The minimum absolute atomic E-state index is 0.273. The van der Waals surface area contributed by atoms with Crippen molar-refractivity contribution < 1.29 is 14.6 Å². The van der Waals surface area contributed by atoms with Gasteiger partial charge in [0.15, 0.2) is 0 Å². The van der Waals surface area contributed by atoms with Crippen molar-refractivity contribution in [2.45, 2.75) is 45.3 Å². The Kier molecular flexibility index (Phi) is 6.49. The van der Waals surface area contributed by atoms with Crippen LogP contribution in [-0.2, 0) is 11.2 Å². The molecule has 2 N–H and O–H groups in total. The number of hydrogen-bond acceptors (Lipinski definition) is 4. The highest BCUT2D eigenvalue weighted by Crippen LogP contribution is 2.32. The van der Waals surface area contributed by atoms with Gasteiger partial charge in [-0.2, -0.15) is 0 Å². The quantitative estimate of drug-likeness (QED) is 0.773. The lowest BCUT2D eigenvalue weighted by Gasteiger charge is -2.26. The van der Waals surface area contributed by atoms with E-state index in [-0.39, 0.29) is 6.61 Å². The first-order valence-electron chi connectivity index (χ1n) is 7.99. The summed E-state index contributed by atoms with van der Waals surface area (Å²) < 4.78 is 10.9. The monoisotopic (exact) mass is 293 g/mol. The van der Waals surface area contributed by atoms with Crippen LogP contribution in [0.2, 0.25) is 0 Å². The van der Waals surface area contributed by atoms with Gasteiger partial charge in [-0.05, 0) is 56.0 Å². The Morgan fingerprint density at radius 3 is 2.95 bits per heavy atom. The summed E-state index contributed by atoms with van der Waals surface area (Å²) in [6.07, 6.45) is 2.95. The van der Waals surface area contributed by atoms with Crippen LogP contribution in [0.1, 0.15) is 43.9 Å². The predicted molar refractivity (Wildman–Crippen MR) is 83.8 cm³/mol. The van der Waals surface area contributed by atoms with Crippen LogP contribution in [-0.4, -0.2) is 37.6 Å². The van der Waals surface area contributed by atoms with Gasteiger partial charge in [0.2, 0.25) is 0 Å². The third-order valence-corrected chi connectivity index (χ3v) is 3.84. The second-order valence-electron chi connectivity index (χ2n) is 5.49. The maximum absolute atomic E-state index is 9.73. The maximum Gasteiger partial charge on any atom is 0.119 e. The Bertz CT molecular complexity index is 436. The first-order valence-corrected chi connectivity index (χ1v) is 7.99. The van der Waals surface area contributed by atoms with Gasteiger partial charge in [-0.25, -0.2) is 0 Å². The fraction of sp³-hybridized carbons (Fsp3) is 0.647. The van der Waals surface area contributed by atoms with Gasteiger partial charge in [0.1, 0.15) is 18.5 Å². The van der Waals surface area contributed by atoms with Gasteiger partial charge in [0, 0.05) is 12.6 Å². The molecule has 0 saturated carbocycles. The molecule has 0 spiro atoms. The van der Waals surface area contributed by atoms with E-state index in [1.807, 2.05) is 13.0 Å². The molecular weight excluding hydrogens is 266 g/mol.